The zero-order chi connectivity index (χ0) is 44.8. The maximum Gasteiger partial charge on any atom is 0.342 e. The number of ether oxygens (including phenoxy) is 9. The Hall–Kier alpha value is -6.02. The molecule has 1 spiro atoms. The molecule has 2 saturated carbocycles. The van der Waals surface area contributed by atoms with Crippen LogP contribution in [0.25, 0.3) is 0 Å². The zero-order valence-electron chi connectivity index (χ0n) is 34.6. The van der Waals surface area contributed by atoms with E-state index in [4.69, 9.17) is 42.6 Å². The minimum Gasteiger partial charge on any atom is -0.465 e. The monoisotopic (exact) mass is 854 g/mol. The normalized spacial score (nSPS) is 35.2. The third kappa shape index (κ3) is 7.55. The van der Waals surface area contributed by atoms with Crippen molar-refractivity contribution in [3.05, 3.63) is 59.7 Å². The van der Waals surface area contributed by atoms with E-state index in [1.54, 1.807) is 0 Å². The Labute approximate surface area is 348 Å². The number of pyridine rings is 2. The fourth-order valence-corrected chi connectivity index (χ4v) is 9.42. The number of aryl methyl sites for hydroxylation is 1. The summed E-state index contributed by atoms with van der Waals surface area (Å²) in [7, 11) is 0. The number of esters is 8. The summed E-state index contributed by atoms with van der Waals surface area (Å²) < 4.78 is 55.1. The lowest BCUT2D eigenvalue weighted by molar-refractivity contribution is -0.392. The number of hydrogen-bond donors (Lipinski definition) is 1. The third-order valence-corrected chi connectivity index (χ3v) is 11.7. The van der Waals surface area contributed by atoms with Crippen molar-refractivity contribution in [2.75, 3.05) is 6.61 Å². The molecule has 20 nitrogen and oxygen atoms in total. The smallest absolute Gasteiger partial charge is 0.342 e. The molecule has 2 aliphatic heterocycles. The zero-order valence-corrected chi connectivity index (χ0v) is 34.6. The van der Waals surface area contributed by atoms with Gasteiger partial charge in [-0.3, -0.25) is 38.7 Å². The molecule has 3 fully saturated rings. The molecule has 6 rings (SSSR count). The van der Waals surface area contributed by atoms with Crippen LogP contribution >= 0.6 is 0 Å². The van der Waals surface area contributed by atoms with E-state index in [2.05, 4.69) is 9.97 Å². The Morgan fingerprint density at radius 3 is 2.02 bits per heavy atom. The van der Waals surface area contributed by atoms with Gasteiger partial charge in [-0.25, -0.2) is 9.59 Å². The number of carbonyl (C=O) groups is 8. The Morgan fingerprint density at radius 1 is 0.803 bits per heavy atom. The number of aromatic nitrogens is 2. The van der Waals surface area contributed by atoms with Gasteiger partial charge in [-0.2, -0.15) is 0 Å². The predicted molar refractivity (Wildman–Crippen MR) is 198 cm³/mol. The fraction of sp³-hybridized carbons (Fsp3) is 0.561. The predicted octanol–water partition coefficient (Wildman–Crippen LogP) is 1.51. The lowest BCUT2D eigenvalue weighted by Gasteiger charge is -2.67. The summed E-state index contributed by atoms with van der Waals surface area (Å²) in [6.45, 7) is 7.48. The summed E-state index contributed by atoms with van der Waals surface area (Å²) in [5.41, 5.74) is -8.67. The summed E-state index contributed by atoms with van der Waals surface area (Å²) in [4.78, 5) is 118. The van der Waals surface area contributed by atoms with Gasteiger partial charge in [0.2, 0.25) is 5.79 Å². The number of aliphatic hydroxyl groups is 1. The summed E-state index contributed by atoms with van der Waals surface area (Å²) >= 11 is 0. The topological polar surface area (TPSA) is 266 Å². The van der Waals surface area contributed by atoms with Crippen LogP contribution in [0.15, 0.2) is 42.9 Å². The highest BCUT2D eigenvalue weighted by Crippen LogP contribution is 2.70. The van der Waals surface area contributed by atoms with Crippen LogP contribution in [-0.2, 0) is 77.8 Å². The number of fused-ring (bicyclic) bond motifs is 5. The minimum absolute atomic E-state index is 0.0123. The highest BCUT2D eigenvalue weighted by Gasteiger charge is 2.92. The van der Waals surface area contributed by atoms with Crippen LogP contribution in [-0.4, -0.2) is 123 Å². The van der Waals surface area contributed by atoms with Gasteiger partial charge in [0, 0.05) is 60.1 Å². The van der Waals surface area contributed by atoms with Crippen molar-refractivity contribution in [3.8, 4) is 0 Å². The Kier molecular flexibility index (Phi) is 12.0. The second-order valence-electron chi connectivity index (χ2n) is 15.8. The van der Waals surface area contributed by atoms with Crippen LogP contribution in [0.1, 0.15) is 88.2 Å². The quantitative estimate of drug-likeness (QED) is 0.291. The molecule has 2 aromatic heterocycles. The molecule has 1 N–H and O–H groups in total. The third-order valence-electron chi connectivity index (χ3n) is 11.7. The maximum absolute atomic E-state index is 14.5. The van der Waals surface area contributed by atoms with E-state index >= 15 is 0 Å². The lowest BCUT2D eigenvalue weighted by Crippen LogP contribution is -2.89. The van der Waals surface area contributed by atoms with E-state index in [1.165, 1.54) is 50.5 Å². The van der Waals surface area contributed by atoms with Crippen LogP contribution in [0.3, 0.4) is 0 Å². The molecule has 4 heterocycles. The van der Waals surface area contributed by atoms with E-state index in [1.807, 2.05) is 0 Å². The lowest BCUT2D eigenvalue weighted by atomic mass is 9.45. The average Bonchev–Trinajstić information content (AvgIpc) is 3.39. The standard InChI is InChI=1S/C41H46N2O18/c1-19-13-14-27-26(12-10-16-43-27)37(51)60-39(8)28-29(54-21(3)45)33(57-24(6)48)40(18-53-20(2)44)34(59-36(50)25-11-9-15-42-17-25)30(55-22(4)46)32(58-35(19)49)38(7,52)41(40,61-39)31(28)56-23(5)47/h9-12,15-17,19,28-34,52H,13-14,18H2,1-8H3/t19?,28-,29-,30+,31-,32+,33+,34+,38+,39-,40-,41+/m1/s1. The molecule has 4 bridgehead atoms. The number of rotatable bonds is 8. The molecular formula is C41H46N2O18. The molecular weight excluding hydrogens is 808 g/mol. The van der Waals surface area contributed by atoms with Crippen molar-refractivity contribution in [2.45, 2.75) is 122 Å². The SMILES string of the molecule is CC(=O)OC[C@]12[C@@H](OC(C)=O)[C@H](OC(C)=O)[C@@H]3[C@@H](OC(C)=O)[C@@]14O[C@@]3(C)OC(=O)c1cccnc1CCC(C)C(=O)O[C@@H]([C@H](OC(C)=O)[C@@H]2OC(=O)c1cccnc1)[C@]4(C)O. The van der Waals surface area contributed by atoms with Gasteiger partial charge in [0.1, 0.15) is 29.6 Å². The molecule has 328 valence electrons. The van der Waals surface area contributed by atoms with Crippen molar-refractivity contribution >= 4 is 47.8 Å². The number of hydrogen-bond acceptors (Lipinski definition) is 20. The van der Waals surface area contributed by atoms with Gasteiger partial charge in [-0.05, 0) is 44.0 Å². The van der Waals surface area contributed by atoms with Gasteiger partial charge in [0.25, 0.3) is 0 Å². The molecule has 1 saturated heterocycles. The molecule has 0 amide bonds. The van der Waals surface area contributed by atoms with Crippen molar-refractivity contribution in [1.29, 1.82) is 0 Å². The van der Waals surface area contributed by atoms with E-state index in [0.717, 1.165) is 47.7 Å². The van der Waals surface area contributed by atoms with Gasteiger partial charge in [0.15, 0.2) is 36.1 Å². The van der Waals surface area contributed by atoms with Crippen molar-refractivity contribution < 1.29 is 86.1 Å². The summed E-state index contributed by atoms with van der Waals surface area (Å²) in [6.07, 6.45) is -8.72. The first-order chi connectivity index (χ1) is 28.6. The van der Waals surface area contributed by atoms with Gasteiger partial charge < -0.3 is 47.7 Å². The number of carbonyl (C=O) groups excluding carboxylic acids is 8. The molecule has 1 unspecified atom stereocenters. The fourth-order valence-electron chi connectivity index (χ4n) is 9.42. The first-order valence-corrected chi connectivity index (χ1v) is 19.3. The Morgan fingerprint density at radius 2 is 1.41 bits per heavy atom. The summed E-state index contributed by atoms with van der Waals surface area (Å²) in [6, 6.07) is 5.55. The van der Waals surface area contributed by atoms with Crippen molar-refractivity contribution in [3.63, 3.8) is 0 Å². The van der Waals surface area contributed by atoms with E-state index in [9.17, 15) is 43.5 Å². The van der Waals surface area contributed by atoms with E-state index in [-0.39, 0.29) is 29.7 Å². The molecule has 61 heavy (non-hydrogen) atoms. The first kappa shape index (κ1) is 44.5. The second-order valence-corrected chi connectivity index (χ2v) is 15.8. The van der Waals surface area contributed by atoms with Crippen LogP contribution in [0.5, 0.6) is 0 Å². The number of nitrogens with zero attached hydrogens (tertiary/aromatic N) is 2. The average molecular weight is 855 g/mol. The second kappa shape index (κ2) is 16.4. The first-order valence-electron chi connectivity index (χ1n) is 19.3. The molecule has 4 aliphatic rings. The molecule has 2 aliphatic carbocycles. The molecule has 2 aromatic rings. The Bertz CT molecular complexity index is 2130. The van der Waals surface area contributed by atoms with Crippen LogP contribution in [0.2, 0.25) is 0 Å². The summed E-state index contributed by atoms with van der Waals surface area (Å²) in [5, 5.41) is 13.5. The molecule has 0 aromatic carbocycles. The van der Waals surface area contributed by atoms with Crippen LogP contribution in [0.4, 0.5) is 0 Å². The highest BCUT2D eigenvalue weighted by atomic mass is 16.8. The molecule has 20 heteroatoms. The van der Waals surface area contributed by atoms with Crippen LogP contribution < -0.4 is 0 Å². The molecule has 12 atom stereocenters. The Balaban J connectivity index is 1.82. The highest BCUT2D eigenvalue weighted by molar-refractivity contribution is 5.91. The van der Waals surface area contributed by atoms with Crippen molar-refractivity contribution in [2.24, 2.45) is 17.3 Å². The van der Waals surface area contributed by atoms with Gasteiger partial charge in [-0.15, -0.1) is 0 Å². The van der Waals surface area contributed by atoms with Gasteiger partial charge >= 0.3 is 47.8 Å². The largest absolute Gasteiger partial charge is 0.465 e. The van der Waals surface area contributed by atoms with Gasteiger partial charge in [-0.1, -0.05) is 6.92 Å². The maximum atomic E-state index is 14.5. The van der Waals surface area contributed by atoms with Crippen molar-refractivity contribution in [1.82, 2.24) is 9.97 Å². The van der Waals surface area contributed by atoms with Crippen LogP contribution in [0, 0.1) is 17.3 Å². The van der Waals surface area contributed by atoms with E-state index in [0.29, 0.717) is 0 Å². The molecule has 0 radical (unpaired) electrons. The summed E-state index contributed by atoms with van der Waals surface area (Å²) in [5.74, 6) is -13.9. The minimum atomic E-state index is -2.91. The van der Waals surface area contributed by atoms with E-state index < -0.39 is 125 Å². The van der Waals surface area contributed by atoms with Gasteiger partial charge in [0.05, 0.1) is 22.7 Å².